The molecule has 12 heavy (non-hydrogen) atoms. The first kappa shape index (κ1) is 7.84. The molecule has 0 spiro atoms. The molecule has 0 aliphatic heterocycles. The molecule has 2 bridgehead atoms. The van der Waals surface area contributed by atoms with Crippen LogP contribution in [0.2, 0.25) is 0 Å². The molecule has 0 saturated heterocycles. The first-order valence-corrected chi connectivity index (χ1v) is 4.54. The summed E-state index contributed by atoms with van der Waals surface area (Å²) in [5.74, 6) is 1.92. The van der Waals surface area contributed by atoms with Crippen molar-refractivity contribution in [2.75, 3.05) is 7.11 Å². The minimum absolute atomic E-state index is 0.0547. The molecule has 0 heterocycles. The van der Waals surface area contributed by atoms with Crippen LogP contribution in [0.5, 0.6) is 0 Å². The number of carbonyl (C=O) groups excluding carboxylic acids is 1. The number of fused-ring (bicyclic) bond motifs is 2. The first-order valence-electron chi connectivity index (χ1n) is 4.54. The van der Waals surface area contributed by atoms with Crippen LogP contribution in [0.1, 0.15) is 19.3 Å². The zero-order valence-corrected chi connectivity index (χ0v) is 7.32. The Balaban J connectivity index is 1.91. The van der Waals surface area contributed by atoms with Crippen molar-refractivity contribution in [3.05, 3.63) is 12.2 Å². The van der Waals surface area contributed by atoms with Gasteiger partial charge in [0.05, 0.1) is 7.11 Å². The molecular weight excluding hydrogens is 152 g/mol. The van der Waals surface area contributed by atoms with Crippen molar-refractivity contribution in [1.82, 2.24) is 0 Å². The molecule has 0 aromatic rings. The number of ether oxygens (including phenoxy) is 1. The number of rotatable bonds is 2. The van der Waals surface area contributed by atoms with Crippen LogP contribution in [0.15, 0.2) is 12.2 Å². The van der Waals surface area contributed by atoms with Gasteiger partial charge in [0.25, 0.3) is 0 Å². The van der Waals surface area contributed by atoms with Gasteiger partial charge >= 0.3 is 5.97 Å². The quantitative estimate of drug-likeness (QED) is 0.461. The van der Waals surface area contributed by atoms with Gasteiger partial charge < -0.3 is 4.74 Å². The standard InChI is InChI=1S/C10H14O2/c1-12-10(11)6-9-5-7-2-3-8(9)4-7/h2-3,7-9H,4-6H2,1H3. The monoisotopic (exact) mass is 166 g/mol. The van der Waals surface area contributed by atoms with Gasteiger partial charge in [-0.25, -0.2) is 0 Å². The predicted octanol–water partition coefficient (Wildman–Crippen LogP) is 1.76. The van der Waals surface area contributed by atoms with E-state index in [1.165, 1.54) is 20.0 Å². The fourth-order valence-corrected chi connectivity index (χ4v) is 2.43. The largest absolute Gasteiger partial charge is 0.469 e. The van der Waals surface area contributed by atoms with Gasteiger partial charge in [0, 0.05) is 6.42 Å². The second kappa shape index (κ2) is 2.92. The molecule has 2 rings (SSSR count). The minimum Gasteiger partial charge on any atom is -0.469 e. The summed E-state index contributed by atoms with van der Waals surface area (Å²) < 4.78 is 4.66. The number of hydrogen-bond donors (Lipinski definition) is 0. The van der Waals surface area contributed by atoms with Crippen molar-refractivity contribution in [2.45, 2.75) is 19.3 Å². The minimum atomic E-state index is -0.0547. The van der Waals surface area contributed by atoms with Gasteiger partial charge in [-0.1, -0.05) is 12.2 Å². The molecule has 0 N–H and O–H groups in total. The molecule has 0 radical (unpaired) electrons. The van der Waals surface area contributed by atoms with Crippen LogP contribution < -0.4 is 0 Å². The van der Waals surface area contributed by atoms with Gasteiger partial charge in [-0.15, -0.1) is 0 Å². The van der Waals surface area contributed by atoms with E-state index in [0.29, 0.717) is 18.3 Å². The molecule has 1 fully saturated rings. The number of hydrogen-bond acceptors (Lipinski definition) is 2. The normalized spacial score (nSPS) is 37.2. The van der Waals surface area contributed by atoms with Crippen molar-refractivity contribution in [1.29, 1.82) is 0 Å². The molecule has 66 valence electrons. The maximum Gasteiger partial charge on any atom is 0.305 e. The average Bonchev–Trinajstić information content (AvgIpc) is 2.64. The molecule has 0 aromatic carbocycles. The van der Waals surface area contributed by atoms with Gasteiger partial charge in [0.1, 0.15) is 0 Å². The zero-order chi connectivity index (χ0) is 8.55. The highest BCUT2D eigenvalue weighted by Crippen LogP contribution is 2.44. The molecule has 1 saturated carbocycles. The number of methoxy groups -OCH3 is 1. The molecule has 2 nitrogen and oxygen atoms in total. The third kappa shape index (κ3) is 1.26. The lowest BCUT2D eigenvalue weighted by Gasteiger charge is -2.15. The van der Waals surface area contributed by atoms with Crippen molar-refractivity contribution >= 4 is 5.97 Å². The molecule has 2 heteroatoms. The van der Waals surface area contributed by atoms with Crippen LogP contribution in [0, 0.1) is 17.8 Å². The Morgan fingerprint density at radius 2 is 2.33 bits per heavy atom. The highest BCUT2D eigenvalue weighted by molar-refractivity contribution is 5.69. The van der Waals surface area contributed by atoms with Gasteiger partial charge in [-0.2, -0.15) is 0 Å². The van der Waals surface area contributed by atoms with Crippen molar-refractivity contribution in [2.24, 2.45) is 17.8 Å². The van der Waals surface area contributed by atoms with E-state index in [4.69, 9.17) is 0 Å². The van der Waals surface area contributed by atoms with Gasteiger partial charge in [0.2, 0.25) is 0 Å². The average molecular weight is 166 g/mol. The maximum absolute atomic E-state index is 11.0. The Morgan fingerprint density at radius 1 is 1.50 bits per heavy atom. The number of allylic oxidation sites excluding steroid dienone is 2. The molecule has 3 unspecified atom stereocenters. The van der Waals surface area contributed by atoms with Crippen LogP contribution >= 0.6 is 0 Å². The maximum atomic E-state index is 11.0. The fraction of sp³-hybridized carbons (Fsp3) is 0.700. The Kier molecular flexibility index (Phi) is 1.91. The second-order valence-electron chi connectivity index (χ2n) is 3.82. The lowest BCUT2D eigenvalue weighted by atomic mass is 9.91. The highest BCUT2D eigenvalue weighted by Gasteiger charge is 2.36. The van der Waals surface area contributed by atoms with Gasteiger partial charge in [-0.3, -0.25) is 4.79 Å². The second-order valence-corrected chi connectivity index (χ2v) is 3.82. The Bertz CT molecular complexity index is 220. The van der Waals surface area contributed by atoms with Crippen molar-refractivity contribution < 1.29 is 9.53 Å². The highest BCUT2D eigenvalue weighted by atomic mass is 16.5. The molecule has 2 aliphatic rings. The smallest absolute Gasteiger partial charge is 0.305 e. The van der Waals surface area contributed by atoms with E-state index in [-0.39, 0.29) is 5.97 Å². The lowest BCUT2D eigenvalue weighted by Crippen LogP contribution is -2.13. The summed E-state index contributed by atoms with van der Waals surface area (Å²) in [5, 5.41) is 0. The fourth-order valence-electron chi connectivity index (χ4n) is 2.43. The third-order valence-electron chi connectivity index (χ3n) is 3.07. The summed E-state index contributed by atoms with van der Waals surface area (Å²) in [6.07, 6.45) is 7.63. The van der Waals surface area contributed by atoms with E-state index >= 15 is 0 Å². The summed E-state index contributed by atoms with van der Waals surface area (Å²) in [6.45, 7) is 0. The summed E-state index contributed by atoms with van der Waals surface area (Å²) in [4.78, 5) is 11.0. The summed E-state index contributed by atoms with van der Waals surface area (Å²) >= 11 is 0. The van der Waals surface area contributed by atoms with Gasteiger partial charge in [-0.05, 0) is 30.6 Å². The predicted molar refractivity (Wildman–Crippen MR) is 45.5 cm³/mol. The summed E-state index contributed by atoms with van der Waals surface area (Å²) in [7, 11) is 1.46. The van der Waals surface area contributed by atoms with Crippen molar-refractivity contribution in [3.63, 3.8) is 0 Å². The van der Waals surface area contributed by atoms with Crippen LogP contribution in [0.25, 0.3) is 0 Å². The van der Waals surface area contributed by atoms with Crippen LogP contribution in [0.4, 0.5) is 0 Å². The topological polar surface area (TPSA) is 26.3 Å². The summed E-state index contributed by atoms with van der Waals surface area (Å²) in [6, 6.07) is 0. The number of carbonyl (C=O) groups is 1. The molecule has 0 amide bonds. The van der Waals surface area contributed by atoms with Crippen molar-refractivity contribution in [3.8, 4) is 0 Å². The van der Waals surface area contributed by atoms with E-state index in [1.807, 2.05) is 0 Å². The molecular formula is C10H14O2. The van der Waals surface area contributed by atoms with Crippen LogP contribution in [0.3, 0.4) is 0 Å². The molecule has 3 atom stereocenters. The van der Waals surface area contributed by atoms with Crippen LogP contribution in [-0.4, -0.2) is 13.1 Å². The lowest BCUT2D eigenvalue weighted by molar-refractivity contribution is -0.141. The molecule has 0 aromatic heterocycles. The van der Waals surface area contributed by atoms with E-state index in [9.17, 15) is 4.79 Å². The van der Waals surface area contributed by atoms with E-state index in [0.717, 1.165) is 5.92 Å². The zero-order valence-electron chi connectivity index (χ0n) is 7.32. The Labute approximate surface area is 72.6 Å². The first-order chi connectivity index (χ1) is 5.79. The van der Waals surface area contributed by atoms with Gasteiger partial charge in [0.15, 0.2) is 0 Å². The van der Waals surface area contributed by atoms with Crippen LogP contribution in [-0.2, 0) is 9.53 Å². The van der Waals surface area contributed by atoms with E-state index < -0.39 is 0 Å². The van der Waals surface area contributed by atoms with E-state index in [2.05, 4.69) is 16.9 Å². The summed E-state index contributed by atoms with van der Waals surface area (Å²) in [5.41, 5.74) is 0. The van der Waals surface area contributed by atoms with E-state index in [1.54, 1.807) is 0 Å². The third-order valence-corrected chi connectivity index (χ3v) is 3.07. The SMILES string of the molecule is COC(=O)CC1CC2C=CC1C2. The Morgan fingerprint density at radius 3 is 2.83 bits per heavy atom. The Hall–Kier alpha value is -0.790. The number of esters is 1. The molecule has 2 aliphatic carbocycles.